The highest BCUT2D eigenvalue weighted by Crippen LogP contribution is 2.17. The number of aromatic nitrogens is 1. The van der Waals surface area contributed by atoms with E-state index in [9.17, 15) is 0 Å². The zero-order valence-electron chi connectivity index (χ0n) is 8.88. The van der Waals surface area contributed by atoms with Crippen LogP contribution in [0.5, 0.6) is 0 Å². The Morgan fingerprint density at radius 2 is 2.06 bits per heavy atom. The second-order valence-corrected chi connectivity index (χ2v) is 3.34. The van der Waals surface area contributed by atoms with Crippen LogP contribution in [0.3, 0.4) is 0 Å². The van der Waals surface area contributed by atoms with Gasteiger partial charge in [0.1, 0.15) is 17.7 Å². The lowest BCUT2D eigenvalue weighted by molar-refractivity contribution is 1.41. The van der Waals surface area contributed by atoms with Gasteiger partial charge in [0.2, 0.25) is 0 Å². The first-order valence-electron chi connectivity index (χ1n) is 4.95. The fourth-order valence-corrected chi connectivity index (χ4v) is 1.41. The first-order chi connectivity index (χ1) is 8.33. The molecule has 0 unspecified atom stereocenters. The number of hydrogen-bond donors (Lipinski definition) is 1. The van der Waals surface area contributed by atoms with Crippen molar-refractivity contribution in [2.75, 3.05) is 5.32 Å². The van der Waals surface area contributed by atoms with E-state index in [0.29, 0.717) is 0 Å². The highest BCUT2D eigenvalue weighted by atomic mass is 14.8. The molecule has 1 aromatic carbocycles. The molecule has 0 aliphatic heterocycles. The Hall–Kier alpha value is -2.85. The molecule has 80 valence electrons. The minimum atomic E-state index is 0.0382. The molecule has 0 bridgehead atoms. The number of rotatable bonds is 2. The smallest absolute Gasteiger partial charge is 0.145 e. The van der Waals surface area contributed by atoms with E-state index in [1.165, 1.54) is 6.20 Å². The number of anilines is 1. The van der Waals surface area contributed by atoms with E-state index in [1.807, 2.05) is 30.3 Å². The lowest BCUT2D eigenvalue weighted by Crippen LogP contribution is -1.90. The van der Waals surface area contributed by atoms with Gasteiger partial charge in [0.15, 0.2) is 0 Å². The van der Waals surface area contributed by atoms with Crippen LogP contribution in [-0.2, 0) is 0 Å². The summed E-state index contributed by atoms with van der Waals surface area (Å²) in [6.07, 6.45) is 3.12. The Labute approximate surface area is 98.4 Å². The summed E-state index contributed by atoms with van der Waals surface area (Å²) in [4.78, 5) is 4.20. The molecule has 0 radical (unpaired) electrons. The van der Waals surface area contributed by atoms with Gasteiger partial charge in [-0.05, 0) is 24.3 Å². The van der Waals surface area contributed by atoms with E-state index in [-0.39, 0.29) is 5.57 Å². The molecule has 2 rings (SSSR count). The Morgan fingerprint density at radius 1 is 1.24 bits per heavy atom. The number of pyridine rings is 1. The maximum absolute atomic E-state index is 8.59. The predicted octanol–water partition coefficient (Wildman–Crippen LogP) is 2.58. The van der Waals surface area contributed by atoms with Crippen LogP contribution in [0.4, 0.5) is 5.69 Å². The maximum atomic E-state index is 8.59. The van der Waals surface area contributed by atoms with Gasteiger partial charge in [-0.1, -0.05) is 6.07 Å². The summed E-state index contributed by atoms with van der Waals surface area (Å²) in [5.41, 5.74) is 1.76. The quantitative estimate of drug-likeness (QED) is 0.789. The molecule has 0 saturated heterocycles. The van der Waals surface area contributed by atoms with Crippen molar-refractivity contribution in [3.05, 3.63) is 48.3 Å². The minimum Gasteiger partial charge on any atom is -0.360 e. The largest absolute Gasteiger partial charge is 0.360 e. The Bertz CT molecular complexity index is 643. The molecule has 0 saturated carbocycles. The van der Waals surface area contributed by atoms with E-state index < -0.39 is 0 Å². The summed E-state index contributed by atoms with van der Waals surface area (Å²) in [5.74, 6) is 0. The first-order valence-corrected chi connectivity index (χ1v) is 4.95. The second-order valence-electron chi connectivity index (χ2n) is 3.34. The van der Waals surface area contributed by atoms with Crippen LogP contribution in [0.25, 0.3) is 10.9 Å². The van der Waals surface area contributed by atoms with Crippen molar-refractivity contribution in [1.82, 2.24) is 4.98 Å². The summed E-state index contributed by atoms with van der Waals surface area (Å²) in [6, 6.07) is 13.0. The molecule has 1 heterocycles. The lowest BCUT2D eigenvalue weighted by atomic mass is 10.2. The van der Waals surface area contributed by atoms with E-state index in [2.05, 4.69) is 10.3 Å². The van der Waals surface area contributed by atoms with Crippen molar-refractivity contribution in [2.45, 2.75) is 0 Å². The van der Waals surface area contributed by atoms with Crippen molar-refractivity contribution in [2.24, 2.45) is 0 Å². The van der Waals surface area contributed by atoms with Gasteiger partial charge in [-0.25, -0.2) is 0 Å². The Kier molecular flexibility index (Phi) is 3.00. The number of nitrogens with one attached hydrogen (secondary N) is 1. The number of nitrogens with zero attached hydrogens (tertiary/aromatic N) is 3. The van der Waals surface area contributed by atoms with E-state index in [1.54, 1.807) is 18.3 Å². The summed E-state index contributed by atoms with van der Waals surface area (Å²) in [5, 5.41) is 21.1. The van der Waals surface area contributed by atoms with Crippen molar-refractivity contribution in [3.8, 4) is 12.1 Å². The fourth-order valence-electron chi connectivity index (χ4n) is 1.41. The van der Waals surface area contributed by atoms with Crippen molar-refractivity contribution >= 4 is 16.6 Å². The first kappa shape index (κ1) is 10.7. The minimum absolute atomic E-state index is 0.0382. The summed E-state index contributed by atoms with van der Waals surface area (Å²) in [7, 11) is 0. The molecule has 0 fully saturated rings. The third kappa shape index (κ3) is 2.39. The van der Waals surface area contributed by atoms with Crippen molar-refractivity contribution in [3.63, 3.8) is 0 Å². The highest BCUT2D eigenvalue weighted by molar-refractivity contribution is 5.82. The molecule has 2 aromatic rings. The predicted molar refractivity (Wildman–Crippen MR) is 64.7 cm³/mol. The molecule has 1 N–H and O–H groups in total. The third-order valence-electron chi connectivity index (χ3n) is 2.23. The van der Waals surface area contributed by atoms with Crippen molar-refractivity contribution in [1.29, 1.82) is 10.5 Å². The number of hydrogen-bond acceptors (Lipinski definition) is 4. The molecular formula is C13H8N4. The van der Waals surface area contributed by atoms with Crippen LogP contribution in [0.15, 0.2) is 48.3 Å². The zero-order valence-corrected chi connectivity index (χ0v) is 8.88. The SMILES string of the molecule is N#CC(C#N)=CNc1ccc2ncccc2c1. The van der Waals surface area contributed by atoms with Crippen LogP contribution < -0.4 is 5.32 Å². The molecular weight excluding hydrogens is 212 g/mol. The van der Waals surface area contributed by atoms with Gasteiger partial charge in [-0.15, -0.1) is 0 Å². The fraction of sp³-hybridized carbons (Fsp3) is 0. The molecule has 0 aliphatic carbocycles. The Balaban J connectivity index is 2.30. The maximum Gasteiger partial charge on any atom is 0.145 e. The normalized spacial score (nSPS) is 9.06. The molecule has 4 nitrogen and oxygen atoms in total. The highest BCUT2D eigenvalue weighted by Gasteiger charge is 1.96. The number of allylic oxidation sites excluding steroid dienone is 1. The number of fused-ring (bicyclic) bond motifs is 1. The molecule has 4 heteroatoms. The van der Waals surface area contributed by atoms with Crippen LogP contribution in [-0.4, -0.2) is 4.98 Å². The second kappa shape index (κ2) is 4.78. The van der Waals surface area contributed by atoms with Crippen molar-refractivity contribution < 1.29 is 0 Å². The molecule has 17 heavy (non-hydrogen) atoms. The Morgan fingerprint density at radius 3 is 2.82 bits per heavy atom. The topological polar surface area (TPSA) is 72.5 Å². The third-order valence-corrected chi connectivity index (χ3v) is 2.23. The zero-order chi connectivity index (χ0) is 12.1. The standard InChI is InChI=1S/C13H8N4/c14-7-10(8-15)9-17-12-3-4-13-11(6-12)2-1-5-16-13/h1-6,9,17H. The van der Waals surface area contributed by atoms with Gasteiger partial charge >= 0.3 is 0 Å². The average molecular weight is 220 g/mol. The van der Waals surface area contributed by atoms with Gasteiger partial charge in [0.25, 0.3) is 0 Å². The molecule has 0 atom stereocenters. The van der Waals surface area contributed by atoms with Crippen LogP contribution in [0, 0.1) is 22.7 Å². The number of benzene rings is 1. The number of nitriles is 2. The van der Waals surface area contributed by atoms with Gasteiger partial charge in [-0.3, -0.25) is 4.98 Å². The molecule has 0 aliphatic rings. The van der Waals surface area contributed by atoms with Crippen LogP contribution in [0.2, 0.25) is 0 Å². The van der Waals surface area contributed by atoms with Crippen LogP contribution in [0.1, 0.15) is 0 Å². The molecule has 1 aromatic heterocycles. The summed E-state index contributed by atoms with van der Waals surface area (Å²) >= 11 is 0. The summed E-state index contributed by atoms with van der Waals surface area (Å²) < 4.78 is 0. The molecule has 0 amide bonds. The van der Waals surface area contributed by atoms with E-state index in [4.69, 9.17) is 10.5 Å². The van der Waals surface area contributed by atoms with Gasteiger partial charge < -0.3 is 5.32 Å². The monoisotopic (exact) mass is 220 g/mol. The van der Waals surface area contributed by atoms with E-state index >= 15 is 0 Å². The van der Waals surface area contributed by atoms with Gasteiger partial charge in [0, 0.05) is 23.5 Å². The van der Waals surface area contributed by atoms with Crippen LogP contribution >= 0.6 is 0 Å². The van der Waals surface area contributed by atoms with Gasteiger partial charge in [0.05, 0.1) is 5.52 Å². The molecule has 0 spiro atoms. The summed E-state index contributed by atoms with van der Waals surface area (Å²) in [6.45, 7) is 0. The van der Waals surface area contributed by atoms with Gasteiger partial charge in [-0.2, -0.15) is 10.5 Å². The lowest BCUT2D eigenvalue weighted by Gasteiger charge is -2.02. The van der Waals surface area contributed by atoms with E-state index in [0.717, 1.165) is 16.6 Å². The average Bonchev–Trinajstić information content (AvgIpc) is 2.40.